The molecule has 3 aliphatic rings. The van der Waals surface area contributed by atoms with Crippen LogP contribution in [0.4, 0.5) is 10.5 Å². The van der Waals surface area contributed by atoms with Crippen molar-refractivity contribution < 1.29 is 14.7 Å². The first kappa shape index (κ1) is 23.3. The van der Waals surface area contributed by atoms with Crippen molar-refractivity contribution in [1.82, 2.24) is 20.0 Å². The first-order valence-corrected chi connectivity index (χ1v) is 12.0. The van der Waals surface area contributed by atoms with Gasteiger partial charge in [0.1, 0.15) is 6.04 Å². The molecule has 3 N–H and O–H groups in total. The van der Waals surface area contributed by atoms with Crippen LogP contribution >= 0.6 is 11.6 Å². The number of urea groups is 1. The summed E-state index contributed by atoms with van der Waals surface area (Å²) >= 11 is 5.90. The molecular weight excluding hydrogens is 430 g/mol. The lowest BCUT2D eigenvalue weighted by Crippen LogP contribution is -2.54. The van der Waals surface area contributed by atoms with E-state index in [9.17, 15) is 14.7 Å². The molecule has 32 heavy (non-hydrogen) atoms. The molecule has 0 spiro atoms. The lowest BCUT2D eigenvalue weighted by molar-refractivity contribution is -0.125. The minimum absolute atomic E-state index is 0.115. The molecule has 1 aromatic rings. The van der Waals surface area contributed by atoms with Gasteiger partial charge in [-0.2, -0.15) is 0 Å². The Bertz CT molecular complexity index is 791. The minimum Gasteiger partial charge on any atom is -0.391 e. The van der Waals surface area contributed by atoms with E-state index in [1.165, 1.54) is 17.7 Å². The maximum Gasteiger partial charge on any atom is 0.322 e. The fourth-order valence-corrected chi connectivity index (χ4v) is 5.21. The first-order valence-electron chi connectivity index (χ1n) is 11.6. The Kier molecular flexibility index (Phi) is 7.55. The molecule has 1 unspecified atom stereocenters. The standard InChI is InChI=1S/C23H34ClN5O3/c1-27-10-8-19(9-11-27)28-12-6-18(7-13-28)25-22(31)21-14-20(30)15-29(21)23(32)26-17-4-2-16(24)3-5-17/h2-5,18-21,30H,6-15H2,1H3,(H,25,31)(H,26,32)/t20?,21-/m1/s1. The molecule has 0 aliphatic carbocycles. The molecule has 3 heterocycles. The Hall–Kier alpha value is -1.87. The lowest BCUT2D eigenvalue weighted by atomic mass is 9.98. The first-order chi connectivity index (χ1) is 15.4. The summed E-state index contributed by atoms with van der Waals surface area (Å²) in [6, 6.07) is 6.52. The third-order valence-corrected chi connectivity index (χ3v) is 7.27. The van der Waals surface area contributed by atoms with E-state index in [4.69, 9.17) is 11.6 Å². The number of nitrogens with zero attached hydrogens (tertiary/aromatic N) is 3. The van der Waals surface area contributed by atoms with Crippen molar-refractivity contribution in [2.45, 2.75) is 56.3 Å². The molecule has 3 aliphatic heterocycles. The normalized spacial score (nSPS) is 26.3. The molecular formula is C23H34ClN5O3. The van der Waals surface area contributed by atoms with Crippen LogP contribution in [-0.2, 0) is 4.79 Å². The quantitative estimate of drug-likeness (QED) is 0.635. The molecule has 2 atom stereocenters. The average molecular weight is 464 g/mol. The van der Waals surface area contributed by atoms with E-state index in [1.54, 1.807) is 24.3 Å². The van der Waals surface area contributed by atoms with Crippen molar-refractivity contribution in [3.8, 4) is 0 Å². The smallest absolute Gasteiger partial charge is 0.322 e. The topological polar surface area (TPSA) is 88.2 Å². The van der Waals surface area contributed by atoms with Gasteiger partial charge in [-0.1, -0.05) is 11.6 Å². The number of β-amino-alcohol motifs (C(OH)–C–C–N with tert-alkyl or cyclic N) is 1. The lowest BCUT2D eigenvalue weighted by Gasteiger charge is -2.41. The zero-order valence-electron chi connectivity index (χ0n) is 18.7. The maximum absolute atomic E-state index is 13.0. The molecule has 3 saturated heterocycles. The van der Waals surface area contributed by atoms with Crippen LogP contribution in [0.3, 0.4) is 0 Å². The Morgan fingerprint density at radius 1 is 1.03 bits per heavy atom. The van der Waals surface area contributed by atoms with Crippen LogP contribution in [0.5, 0.6) is 0 Å². The van der Waals surface area contributed by atoms with Gasteiger partial charge in [0.2, 0.25) is 5.91 Å². The van der Waals surface area contributed by atoms with Crippen molar-refractivity contribution in [2.24, 2.45) is 0 Å². The van der Waals surface area contributed by atoms with E-state index in [-0.39, 0.29) is 30.9 Å². The van der Waals surface area contributed by atoms with E-state index in [0.29, 0.717) is 16.8 Å². The number of hydrogen-bond donors (Lipinski definition) is 3. The van der Waals surface area contributed by atoms with Crippen molar-refractivity contribution in [2.75, 3.05) is 45.1 Å². The second-order valence-electron chi connectivity index (χ2n) is 9.35. The van der Waals surface area contributed by atoms with Crippen LogP contribution in [0, 0.1) is 0 Å². The number of anilines is 1. The summed E-state index contributed by atoms with van der Waals surface area (Å²) in [6.45, 7) is 4.44. The summed E-state index contributed by atoms with van der Waals surface area (Å²) in [6.07, 6.45) is 3.83. The largest absolute Gasteiger partial charge is 0.391 e. The molecule has 176 valence electrons. The monoisotopic (exact) mass is 463 g/mol. The Morgan fingerprint density at radius 3 is 2.34 bits per heavy atom. The molecule has 0 radical (unpaired) electrons. The van der Waals surface area contributed by atoms with Gasteiger partial charge in [-0.3, -0.25) is 4.79 Å². The number of piperidine rings is 2. The van der Waals surface area contributed by atoms with Crippen LogP contribution in [0.2, 0.25) is 5.02 Å². The van der Waals surface area contributed by atoms with Crippen LogP contribution in [0.15, 0.2) is 24.3 Å². The number of aliphatic hydroxyl groups is 1. The van der Waals surface area contributed by atoms with E-state index in [2.05, 4.69) is 27.5 Å². The predicted molar refractivity (Wildman–Crippen MR) is 125 cm³/mol. The molecule has 9 heteroatoms. The number of likely N-dealkylation sites (tertiary alicyclic amines) is 3. The van der Waals surface area contributed by atoms with Crippen molar-refractivity contribution in [1.29, 1.82) is 0 Å². The second kappa shape index (κ2) is 10.4. The van der Waals surface area contributed by atoms with Crippen LogP contribution in [0.25, 0.3) is 0 Å². The number of benzene rings is 1. The minimum atomic E-state index is -0.701. The summed E-state index contributed by atoms with van der Waals surface area (Å²) < 4.78 is 0. The van der Waals surface area contributed by atoms with Crippen molar-refractivity contribution in [3.05, 3.63) is 29.3 Å². The highest BCUT2D eigenvalue weighted by Gasteiger charge is 2.40. The number of carbonyl (C=O) groups excluding carboxylic acids is 2. The fourth-order valence-electron chi connectivity index (χ4n) is 5.08. The van der Waals surface area contributed by atoms with Gasteiger partial charge in [-0.25, -0.2) is 4.79 Å². The molecule has 0 saturated carbocycles. The predicted octanol–water partition coefficient (Wildman–Crippen LogP) is 1.98. The summed E-state index contributed by atoms with van der Waals surface area (Å²) in [5.41, 5.74) is 0.598. The average Bonchev–Trinajstić information content (AvgIpc) is 3.18. The van der Waals surface area contributed by atoms with E-state index in [1.807, 2.05) is 0 Å². The van der Waals surface area contributed by atoms with Gasteiger partial charge >= 0.3 is 6.03 Å². The highest BCUT2D eigenvalue weighted by atomic mass is 35.5. The number of carbonyl (C=O) groups is 2. The van der Waals surface area contributed by atoms with Crippen molar-refractivity contribution >= 4 is 29.2 Å². The SMILES string of the molecule is CN1CCC(N2CCC(NC(=O)[C@H]3CC(O)CN3C(=O)Nc3ccc(Cl)cc3)CC2)CC1. The van der Waals surface area contributed by atoms with Gasteiger partial charge in [-0.05, 0) is 70.1 Å². The summed E-state index contributed by atoms with van der Waals surface area (Å²) in [5.74, 6) is -0.175. The van der Waals surface area contributed by atoms with E-state index < -0.39 is 12.1 Å². The maximum atomic E-state index is 13.0. The number of aliphatic hydroxyl groups excluding tert-OH is 1. The summed E-state index contributed by atoms with van der Waals surface area (Å²) in [5, 5.41) is 16.7. The molecule has 1 aromatic carbocycles. The fraction of sp³-hybridized carbons (Fsp3) is 0.652. The molecule has 4 rings (SSSR count). The van der Waals surface area contributed by atoms with E-state index in [0.717, 1.165) is 39.0 Å². The number of halogens is 1. The highest BCUT2D eigenvalue weighted by molar-refractivity contribution is 6.30. The summed E-state index contributed by atoms with van der Waals surface area (Å²) in [7, 11) is 2.18. The number of rotatable bonds is 4. The van der Waals surface area contributed by atoms with Crippen LogP contribution < -0.4 is 10.6 Å². The van der Waals surface area contributed by atoms with Crippen molar-refractivity contribution in [3.63, 3.8) is 0 Å². The Morgan fingerprint density at radius 2 is 1.69 bits per heavy atom. The molecule has 3 amide bonds. The zero-order valence-corrected chi connectivity index (χ0v) is 19.4. The van der Waals surface area contributed by atoms with E-state index >= 15 is 0 Å². The second-order valence-corrected chi connectivity index (χ2v) is 9.78. The number of nitrogens with one attached hydrogen (secondary N) is 2. The van der Waals surface area contributed by atoms with Crippen LogP contribution in [-0.4, -0.2) is 95.7 Å². The molecule has 3 fully saturated rings. The van der Waals surface area contributed by atoms with Gasteiger partial charge in [0.05, 0.1) is 6.10 Å². The van der Waals surface area contributed by atoms with Gasteiger partial charge in [-0.15, -0.1) is 0 Å². The van der Waals surface area contributed by atoms with Crippen LogP contribution in [0.1, 0.15) is 32.1 Å². The van der Waals surface area contributed by atoms with Gasteiger partial charge in [0, 0.05) is 48.8 Å². The third kappa shape index (κ3) is 5.73. The van der Waals surface area contributed by atoms with Gasteiger partial charge < -0.3 is 30.4 Å². The zero-order chi connectivity index (χ0) is 22.7. The summed E-state index contributed by atoms with van der Waals surface area (Å²) in [4.78, 5) is 32.2. The number of amides is 3. The van der Waals surface area contributed by atoms with Gasteiger partial charge in [0.25, 0.3) is 0 Å². The Labute approximate surface area is 194 Å². The highest BCUT2D eigenvalue weighted by Crippen LogP contribution is 2.23. The third-order valence-electron chi connectivity index (χ3n) is 7.02. The van der Waals surface area contributed by atoms with Gasteiger partial charge in [0.15, 0.2) is 0 Å². The molecule has 0 bridgehead atoms. The molecule has 8 nitrogen and oxygen atoms in total. The Balaban J connectivity index is 1.28. The number of hydrogen-bond acceptors (Lipinski definition) is 5. The molecule has 0 aromatic heterocycles.